The zero-order valence-corrected chi connectivity index (χ0v) is 11.4. The number of hydrogen-bond acceptors (Lipinski definition) is 2. The fourth-order valence-corrected chi connectivity index (χ4v) is 3.30. The van der Waals surface area contributed by atoms with Gasteiger partial charge in [0, 0.05) is 0 Å². The maximum Gasteiger partial charge on any atom is 0.422 e. The summed E-state index contributed by atoms with van der Waals surface area (Å²) in [6, 6.07) is 7.43. The molecule has 0 saturated heterocycles. The third-order valence-electron chi connectivity index (χ3n) is 2.59. The van der Waals surface area contributed by atoms with Gasteiger partial charge < -0.3 is 10.3 Å². The van der Waals surface area contributed by atoms with E-state index in [2.05, 4.69) is 15.6 Å². The zero-order chi connectivity index (χ0) is 13.7. The minimum absolute atomic E-state index is 0.0640. The molecule has 1 aromatic rings. The van der Waals surface area contributed by atoms with Gasteiger partial charge in [-0.1, -0.05) is 18.2 Å². The minimum Gasteiger partial charge on any atom is -0.457 e. The van der Waals surface area contributed by atoms with E-state index in [0.717, 1.165) is 4.90 Å². The number of thiol groups is 1. The van der Waals surface area contributed by atoms with Crippen molar-refractivity contribution in [2.45, 2.75) is 11.8 Å². The zero-order valence-electron chi connectivity index (χ0n) is 10.5. The number of carbonyl (C=O) groups excluding carboxylic acids is 1. The average Bonchev–Trinajstić information content (AvgIpc) is 2.94. The van der Waals surface area contributed by atoms with Crippen LogP contribution in [0.4, 0.5) is 0 Å². The Kier molecular flexibility index (Phi) is 4.34. The molecular weight excluding hydrogens is 260 g/mol. The molecule has 98 valence electrons. The van der Waals surface area contributed by atoms with E-state index in [0.29, 0.717) is 5.56 Å². The molecule has 1 aliphatic heterocycles. The lowest BCUT2D eigenvalue weighted by atomic mass is 10.1. The summed E-state index contributed by atoms with van der Waals surface area (Å²) in [6.45, 7) is 1.95. The van der Waals surface area contributed by atoms with Crippen LogP contribution in [-0.4, -0.2) is 23.1 Å². The molecule has 0 saturated carbocycles. The number of allylic oxidation sites excluding steroid dienone is 2. The van der Waals surface area contributed by atoms with Gasteiger partial charge in [0.1, 0.15) is 0 Å². The molecule has 0 aromatic heterocycles. The Hall–Kier alpha value is -2.10. The van der Waals surface area contributed by atoms with Crippen LogP contribution in [-0.2, 0) is 9.53 Å². The first kappa shape index (κ1) is 13.3. The lowest BCUT2D eigenvalue weighted by Crippen LogP contribution is -2.19. The Labute approximate surface area is 114 Å². The van der Waals surface area contributed by atoms with Crippen molar-refractivity contribution in [2.24, 2.45) is 0 Å². The lowest BCUT2D eigenvalue weighted by molar-refractivity contribution is -0.139. The van der Waals surface area contributed by atoms with Gasteiger partial charge in [0.2, 0.25) is 0 Å². The van der Waals surface area contributed by atoms with Gasteiger partial charge in [-0.25, -0.2) is 4.79 Å². The van der Waals surface area contributed by atoms with Crippen molar-refractivity contribution < 1.29 is 14.3 Å². The molecule has 4 nitrogen and oxygen atoms in total. The van der Waals surface area contributed by atoms with Crippen molar-refractivity contribution in [3.8, 4) is 0 Å². The number of esters is 1. The number of hydrogen-bond donors (Lipinski definition) is 1. The molecular formula is C14H14N2O2S. The second kappa shape index (κ2) is 6.18. The second-order valence-corrected chi connectivity index (χ2v) is 5.74. The summed E-state index contributed by atoms with van der Waals surface area (Å²) >= 11 is 0. The molecule has 0 aliphatic carbocycles. The number of rotatable bonds is 4. The first-order chi connectivity index (χ1) is 9.26. The van der Waals surface area contributed by atoms with Gasteiger partial charge >= 0.3 is 11.7 Å². The third kappa shape index (κ3) is 3.02. The van der Waals surface area contributed by atoms with Crippen LogP contribution in [0.1, 0.15) is 12.5 Å². The maximum atomic E-state index is 11.7. The molecule has 19 heavy (non-hydrogen) atoms. The molecule has 0 spiro atoms. The van der Waals surface area contributed by atoms with Crippen LogP contribution >= 0.6 is 10.9 Å². The molecule has 0 bridgehead atoms. The normalized spacial score (nSPS) is 14.3. The molecule has 0 fully saturated rings. The summed E-state index contributed by atoms with van der Waals surface area (Å²) in [5, 5.41) is 4.24. The van der Waals surface area contributed by atoms with E-state index in [1.54, 1.807) is 13.0 Å². The van der Waals surface area contributed by atoms with Crippen molar-refractivity contribution in [1.82, 2.24) is 0 Å². The van der Waals surface area contributed by atoms with Gasteiger partial charge in [0.15, 0.2) is 0 Å². The van der Waals surface area contributed by atoms with Crippen molar-refractivity contribution >= 4 is 22.6 Å². The fourth-order valence-electron chi connectivity index (χ4n) is 1.74. The highest BCUT2D eigenvalue weighted by Gasteiger charge is 2.24. The van der Waals surface area contributed by atoms with E-state index >= 15 is 0 Å². The van der Waals surface area contributed by atoms with E-state index in [4.69, 9.17) is 10.3 Å². The number of carbonyl (C=O) groups is 1. The summed E-state index contributed by atoms with van der Waals surface area (Å²) in [7, 11) is -0.463. The van der Waals surface area contributed by atoms with Gasteiger partial charge in [-0.15, -0.1) is 0 Å². The Morgan fingerprint density at radius 3 is 2.74 bits per heavy atom. The minimum atomic E-state index is -0.618. The van der Waals surface area contributed by atoms with Crippen molar-refractivity contribution in [2.75, 3.05) is 6.61 Å². The first-order valence-electron chi connectivity index (χ1n) is 5.89. The topological polar surface area (TPSA) is 62.7 Å². The third-order valence-corrected chi connectivity index (χ3v) is 4.45. The highest BCUT2D eigenvalue weighted by molar-refractivity contribution is 8.22. The van der Waals surface area contributed by atoms with E-state index < -0.39 is 16.9 Å². The molecule has 1 heterocycles. The predicted molar refractivity (Wildman–Crippen MR) is 76.3 cm³/mol. The van der Waals surface area contributed by atoms with Crippen LogP contribution < -0.4 is 0 Å². The molecule has 0 amide bonds. The van der Waals surface area contributed by atoms with E-state index in [9.17, 15) is 4.79 Å². The average molecular weight is 274 g/mol. The largest absolute Gasteiger partial charge is 0.457 e. The van der Waals surface area contributed by atoms with E-state index in [-0.39, 0.29) is 12.3 Å². The second-order valence-electron chi connectivity index (χ2n) is 3.81. The standard InChI is InChI=1S/C14H14N2O2S/c1-2-18-14(17)13(16-15)11-6-5-7-12(10-11)19-8-3-4-9-19/h3-10,19H,2H2,1H3. The quantitative estimate of drug-likeness (QED) is 0.302. The number of nitrogens with zero attached hydrogens (tertiary/aromatic N) is 2. The monoisotopic (exact) mass is 274 g/mol. The molecule has 1 aromatic carbocycles. The van der Waals surface area contributed by atoms with Crippen LogP contribution in [0.25, 0.3) is 5.53 Å². The molecule has 0 unspecified atom stereocenters. The molecule has 5 heteroatoms. The maximum absolute atomic E-state index is 11.7. The molecule has 1 aliphatic rings. The van der Waals surface area contributed by atoms with Gasteiger partial charge in [0.05, 0.1) is 12.2 Å². The fraction of sp³-hybridized carbons (Fsp3) is 0.143. The van der Waals surface area contributed by atoms with E-state index in [1.165, 1.54) is 0 Å². The number of benzene rings is 1. The summed E-state index contributed by atoms with van der Waals surface area (Å²) in [4.78, 5) is 15.8. The van der Waals surface area contributed by atoms with Crippen LogP contribution in [0, 0.1) is 0 Å². The Morgan fingerprint density at radius 2 is 2.11 bits per heavy atom. The Balaban J connectivity index is 2.32. The highest BCUT2D eigenvalue weighted by atomic mass is 32.2. The van der Waals surface area contributed by atoms with Crippen LogP contribution in [0.5, 0.6) is 0 Å². The Morgan fingerprint density at radius 1 is 1.37 bits per heavy atom. The molecule has 0 N–H and O–H groups in total. The van der Waals surface area contributed by atoms with E-state index in [1.807, 2.05) is 30.4 Å². The Bertz CT molecular complexity index is 589. The van der Waals surface area contributed by atoms with Gasteiger partial charge in [-0.2, -0.15) is 15.7 Å². The van der Waals surface area contributed by atoms with Crippen LogP contribution in [0.15, 0.2) is 52.1 Å². The van der Waals surface area contributed by atoms with Crippen LogP contribution in [0.3, 0.4) is 0 Å². The molecule has 0 radical (unpaired) electrons. The lowest BCUT2D eigenvalue weighted by Gasteiger charge is -2.10. The summed E-state index contributed by atoms with van der Waals surface area (Å²) < 4.78 is 4.86. The summed E-state index contributed by atoms with van der Waals surface area (Å²) in [5.74, 6) is -0.618. The van der Waals surface area contributed by atoms with Crippen molar-refractivity contribution in [3.05, 3.63) is 58.3 Å². The highest BCUT2D eigenvalue weighted by Crippen LogP contribution is 2.41. The molecule has 0 atom stereocenters. The van der Waals surface area contributed by atoms with Gasteiger partial charge in [-0.05, 0) is 40.8 Å². The van der Waals surface area contributed by atoms with Crippen molar-refractivity contribution in [1.29, 1.82) is 0 Å². The van der Waals surface area contributed by atoms with Crippen LogP contribution in [0.2, 0.25) is 0 Å². The van der Waals surface area contributed by atoms with Gasteiger partial charge in [0.25, 0.3) is 0 Å². The number of ether oxygens (including phenoxy) is 1. The molecule has 2 rings (SSSR count). The SMILES string of the molecule is CCOC(=O)C(=[N+]=[N-])c1cccc([SH]2C=CC=C2)c1. The van der Waals surface area contributed by atoms with Gasteiger partial charge in [-0.3, -0.25) is 0 Å². The summed E-state index contributed by atoms with van der Waals surface area (Å²) in [5.41, 5.74) is 9.50. The smallest absolute Gasteiger partial charge is 0.422 e. The summed E-state index contributed by atoms with van der Waals surface area (Å²) in [6.07, 6.45) is 4.01. The first-order valence-corrected chi connectivity index (χ1v) is 7.37. The predicted octanol–water partition coefficient (Wildman–Crippen LogP) is 2.67. The van der Waals surface area contributed by atoms with Crippen molar-refractivity contribution in [3.63, 3.8) is 0 Å².